The number of fused-ring (bicyclic) bond motifs is 3. The minimum absolute atomic E-state index is 0.223. The third-order valence-corrected chi connectivity index (χ3v) is 7.18. The van der Waals surface area contributed by atoms with Crippen molar-refractivity contribution in [2.45, 2.75) is 51.4 Å². The average Bonchev–Trinajstić information content (AvgIpc) is 2.64. The fourth-order valence-corrected chi connectivity index (χ4v) is 6.05. The summed E-state index contributed by atoms with van der Waals surface area (Å²) in [5.74, 6) is 2.12. The van der Waals surface area contributed by atoms with Gasteiger partial charge in [0.1, 0.15) is 11.5 Å². The monoisotopic (exact) mass is 422 g/mol. The molecule has 28 heavy (non-hydrogen) atoms. The lowest BCUT2D eigenvalue weighted by atomic mass is 9.62. The van der Waals surface area contributed by atoms with Gasteiger partial charge in [-0.05, 0) is 74.6 Å². The first-order valence-electron chi connectivity index (χ1n) is 10.2. The Balaban J connectivity index is 1.80. The van der Waals surface area contributed by atoms with Gasteiger partial charge in [-0.3, -0.25) is 0 Å². The third-order valence-electron chi connectivity index (χ3n) is 6.33. The van der Waals surface area contributed by atoms with Gasteiger partial charge in [0.2, 0.25) is 0 Å². The molecule has 0 aromatic heterocycles. The number of ether oxygens (including phenoxy) is 1. The van der Waals surface area contributed by atoms with Crippen LogP contribution in [0.15, 0.2) is 34.9 Å². The van der Waals surface area contributed by atoms with Crippen LogP contribution in [0.25, 0.3) is 5.76 Å². The van der Waals surface area contributed by atoms with Crippen molar-refractivity contribution in [3.63, 3.8) is 0 Å². The zero-order chi connectivity index (χ0) is 19.9. The zero-order valence-electron chi connectivity index (χ0n) is 16.5. The SMILES string of the molecule is COC(=C1C2CCCC1C1=C(CCCC1)C2)c1ccc(Cl)c(OP(C)(=O)O)c1. The summed E-state index contributed by atoms with van der Waals surface area (Å²) in [6, 6.07) is 5.37. The van der Waals surface area contributed by atoms with Crippen LogP contribution in [-0.2, 0) is 9.30 Å². The molecule has 3 aliphatic rings. The fourth-order valence-electron chi connectivity index (χ4n) is 5.32. The van der Waals surface area contributed by atoms with E-state index >= 15 is 0 Å². The van der Waals surface area contributed by atoms with Crippen molar-refractivity contribution >= 4 is 25.0 Å². The number of halogens is 1. The summed E-state index contributed by atoms with van der Waals surface area (Å²) in [7, 11) is -1.98. The van der Waals surface area contributed by atoms with Crippen LogP contribution in [0.5, 0.6) is 5.75 Å². The van der Waals surface area contributed by atoms with E-state index in [1.165, 1.54) is 50.5 Å². The van der Waals surface area contributed by atoms with Gasteiger partial charge >= 0.3 is 7.60 Å². The first kappa shape index (κ1) is 20.1. The van der Waals surface area contributed by atoms with E-state index in [4.69, 9.17) is 20.9 Å². The fraction of sp³-hybridized carbons (Fsp3) is 0.545. The Bertz CT molecular complexity index is 883. The van der Waals surface area contributed by atoms with Crippen LogP contribution in [0.4, 0.5) is 0 Å². The van der Waals surface area contributed by atoms with Crippen LogP contribution in [0, 0.1) is 11.8 Å². The van der Waals surface area contributed by atoms with Crippen LogP contribution < -0.4 is 4.52 Å². The Labute approximate surface area is 172 Å². The Kier molecular flexibility index (Phi) is 5.66. The first-order chi connectivity index (χ1) is 13.4. The van der Waals surface area contributed by atoms with E-state index < -0.39 is 7.60 Å². The molecule has 3 aliphatic carbocycles. The topological polar surface area (TPSA) is 55.8 Å². The highest BCUT2D eigenvalue weighted by Gasteiger charge is 2.39. The molecule has 3 unspecified atom stereocenters. The van der Waals surface area contributed by atoms with Crippen molar-refractivity contribution < 1.29 is 18.7 Å². The van der Waals surface area contributed by atoms with Crippen LogP contribution >= 0.6 is 19.2 Å². The van der Waals surface area contributed by atoms with E-state index in [1.54, 1.807) is 30.4 Å². The van der Waals surface area contributed by atoms with E-state index in [9.17, 15) is 9.46 Å². The normalized spacial score (nSPS) is 28.3. The highest BCUT2D eigenvalue weighted by molar-refractivity contribution is 7.52. The van der Waals surface area contributed by atoms with Crippen molar-refractivity contribution in [3.05, 3.63) is 45.5 Å². The predicted octanol–water partition coefficient (Wildman–Crippen LogP) is 6.58. The van der Waals surface area contributed by atoms with Gasteiger partial charge in [-0.2, -0.15) is 0 Å². The molecule has 3 atom stereocenters. The van der Waals surface area contributed by atoms with Crippen LogP contribution in [0.3, 0.4) is 0 Å². The Hall–Kier alpha value is -1.22. The highest BCUT2D eigenvalue weighted by atomic mass is 35.5. The molecule has 0 radical (unpaired) electrons. The molecular weight excluding hydrogens is 395 g/mol. The molecule has 0 heterocycles. The summed E-state index contributed by atoms with van der Waals surface area (Å²) in [6.07, 6.45) is 9.91. The van der Waals surface area contributed by atoms with Gasteiger partial charge in [0.05, 0.1) is 12.1 Å². The molecule has 6 heteroatoms. The summed E-state index contributed by atoms with van der Waals surface area (Å²) in [6.45, 7) is 1.16. The molecule has 1 aromatic rings. The number of hydrogen-bond donors (Lipinski definition) is 1. The lowest BCUT2D eigenvalue weighted by Gasteiger charge is -2.43. The lowest BCUT2D eigenvalue weighted by Crippen LogP contribution is -2.30. The molecule has 2 bridgehead atoms. The van der Waals surface area contributed by atoms with Gasteiger partial charge in [0.15, 0.2) is 0 Å². The van der Waals surface area contributed by atoms with Gasteiger partial charge in [0, 0.05) is 18.1 Å². The van der Waals surface area contributed by atoms with Gasteiger partial charge in [-0.15, -0.1) is 0 Å². The Morgan fingerprint density at radius 3 is 2.75 bits per heavy atom. The second-order valence-corrected chi connectivity index (χ2v) is 10.4. The van der Waals surface area contributed by atoms with Crippen LogP contribution in [0.1, 0.15) is 56.9 Å². The molecule has 0 saturated heterocycles. The second-order valence-electron chi connectivity index (χ2n) is 8.25. The van der Waals surface area contributed by atoms with Gasteiger partial charge < -0.3 is 14.2 Å². The van der Waals surface area contributed by atoms with Gasteiger partial charge in [-0.1, -0.05) is 29.2 Å². The maximum atomic E-state index is 11.7. The summed E-state index contributed by atoms with van der Waals surface area (Å²) >= 11 is 6.20. The highest BCUT2D eigenvalue weighted by Crippen LogP contribution is 2.53. The van der Waals surface area contributed by atoms with Crippen LogP contribution in [0.2, 0.25) is 5.02 Å². The number of rotatable bonds is 4. The summed E-state index contributed by atoms with van der Waals surface area (Å²) in [5.41, 5.74) is 5.63. The quantitative estimate of drug-likeness (QED) is 0.338. The molecule has 1 saturated carbocycles. The molecule has 1 fully saturated rings. The standard InChI is InChI=1S/C22H28ClO4P/c1-26-22(16-10-11-19(23)20(13-16)27-28(2,24)25)21-15-7-5-9-18(21)17-8-4-3-6-14(17)12-15/h10-11,13,15,18H,3-9,12H2,1-2H3,(H,24,25). The summed E-state index contributed by atoms with van der Waals surface area (Å²) < 4.78 is 22.9. The van der Waals surface area contributed by atoms with E-state index in [1.807, 2.05) is 6.07 Å². The van der Waals surface area contributed by atoms with Crippen molar-refractivity contribution in [2.75, 3.05) is 13.8 Å². The smallest absolute Gasteiger partial charge is 0.373 e. The first-order valence-corrected chi connectivity index (χ1v) is 12.6. The minimum Gasteiger partial charge on any atom is -0.496 e. The number of benzene rings is 1. The zero-order valence-corrected chi connectivity index (χ0v) is 18.2. The second kappa shape index (κ2) is 7.89. The van der Waals surface area contributed by atoms with Crippen molar-refractivity contribution in [1.82, 2.24) is 0 Å². The Morgan fingerprint density at radius 1 is 1.21 bits per heavy atom. The van der Waals surface area contributed by atoms with Crippen molar-refractivity contribution in [3.8, 4) is 5.75 Å². The van der Waals surface area contributed by atoms with E-state index in [0.29, 0.717) is 16.9 Å². The molecule has 1 N–H and O–H groups in total. The molecular formula is C22H28ClO4P. The molecule has 0 aliphatic heterocycles. The van der Waals surface area contributed by atoms with E-state index in [-0.39, 0.29) is 5.75 Å². The molecule has 4 rings (SSSR count). The Morgan fingerprint density at radius 2 is 2.00 bits per heavy atom. The molecule has 0 spiro atoms. The predicted molar refractivity (Wildman–Crippen MR) is 113 cm³/mol. The van der Waals surface area contributed by atoms with Gasteiger partial charge in [-0.25, -0.2) is 4.57 Å². The maximum absolute atomic E-state index is 11.7. The summed E-state index contributed by atoms with van der Waals surface area (Å²) in [4.78, 5) is 9.62. The van der Waals surface area contributed by atoms with Gasteiger partial charge in [0.25, 0.3) is 0 Å². The lowest BCUT2D eigenvalue weighted by molar-refractivity contribution is 0.311. The van der Waals surface area contributed by atoms with E-state index in [2.05, 4.69) is 0 Å². The van der Waals surface area contributed by atoms with Crippen molar-refractivity contribution in [2.24, 2.45) is 11.8 Å². The van der Waals surface area contributed by atoms with Crippen LogP contribution in [-0.4, -0.2) is 18.7 Å². The number of allylic oxidation sites excluding steroid dienone is 3. The average molecular weight is 423 g/mol. The molecule has 4 nitrogen and oxygen atoms in total. The maximum Gasteiger partial charge on any atom is 0.373 e. The summed E-state index contributed by atoms with van der Waals surface area (Å²) in [5, 5.41) is 0.321. The van der Waals surface area contributed by atoms with E-state index in [0.717, 1.165) is 24.4 Å². The third kappa shape index (κ3) is 3.92. The molecule has 152 valence electrons. The number of hydrogen-bond acceptors (Lipinski definition) is 3. The minimum atomic E-state index is -3.69. The molecule has 0 amide bonds. The number of methoxy groups -OCH3 is 1. The van der Waals surface area contributed by atoms with Crippen molar-refractivity contribution in [1.29, 1.82) is 0 Å². The molecule has 1 aromatic carbocycles. The largest absolute Gasteiger partial charge is 0.496 e.